The maximum atomic E-state index is 15.1. The molecule has 1 atom stereocenters. The summed E-state index contributed by atoms with van der Waals surface area (Å²) in [7, 11) is 1.53. The fourth-order valence-corrected chi connectivity index (χ4v) is 3.70. The Kier molecular flexibility index (Phi) is 6.26. The summed E-state index contributed by atoms with van der Waals surface area (Å²) in [6.45, 7) is 1.50. The molecule has 0 aliphatic heterocycles. The zero-order valence-corrected chi connectivity index (χ0v) is 19.2. The number of aryl methyl sites for hydroxylation is 1. The number of rotatable bonds is 7. The summed E-state index contributed by atoms with van der Waals surface area (Å²) in [6.07, 6.45) is 0.287. The average Bonchev–Trinajstić information content (AvgIpc) is 3.44. The van der Waals surface area contributed by atoms with Crippen LogP contribution in [0.3, 0.4) is 0 Å². The van der Waals surface area contributed by atoms with Gasteiger partial charge in [0.15, 0.2) is 0 Å². The van der Waals surface area contributed by atoms with Crippen molar-refractivity contribution in [1.29, 1.82) is 0 Å². The van der Waals surface area contributed by atoms with Gasteiger partial charge in [0.1, 0.15) is 17.2 Å². The highest BCUT2D eigenvalue weighted by Gasteiger charge is 2.54. The van der Waals surface area contributed by atoms with Crippen molar-refractivity contribution >= 4 is 23.4 Å². The second kappa shape index (κ2) is 8.91. The van der Waals surface area contributed by atoms with Crippen molar-refractivity contribution in [1.82, 2.24) is 30.8 Å². The third-order valence-corrected chi connectivity index (χ3v) is 5.84. The van der Waals surface area contributed by atoms with Gasteiger partial charge in [0.2, 0.25) is 11.7 Å². The van der Waals surface area contributed by atoms with E-state index in [0.29, 0.717) is 11.1 Å². The molecule has 1 heterocycles. The van der Waals surface area contributed by atoms with Gasteiger partial charge in [-0.1, -0.05) is 24.3 Å². The monoisotopic (exact) mass is 510 g/mol. The van der Waals surface area contributed by atoms with E-state index < -0.39 is 40.4 Å². The van der Waals surface area contributed by atoms with E-state index in [4.69, 9.17) is 11.6 Å². The molecular formula is C22H19ClF4N6O2. The summed E-state index contributed by atoms with van der Waals surface area (Å²) in [5.41, 5.74) is -0.692. The first-order valence-electron chi connectivity index (χ1n) is 10.4. The van der Waals surface area contributed by atoms with E-state index in [1.165, 1.54) is 43.0 Å². The van der Waals surface area contributed by atoms with Gasteiger partial charge < -0.3 is 10.6 Å². The summed E-state index contributed by atoms with van der Waals surface area (Å²) in [5, 5.41) is 11.9. The van der Waals surface area contributed by atoms with Gasteiger partial charge in [-0.05, 0) is 59.8 Å². The van der Waals surface area contributed by atoms with Crippen molar-refractivity contribution in [2.45, 2.75) is 36.7 Å². The van der Waals surface area contributed by atoms with E-state index in [0.717, 1.165) is 0 Å². The molecule has 1 aromatic heterocycles. The summed E-state index contributed by atoms with van der Waals surface area (Å²) >= 11 is 4.71. The third-order valence-electron chi connectivity index (χ3n) is 5.67. The molecule has 0 spiro atoms. The van der Waals surface area contributed by atoms with E-state index in [1.807, 2.05) is 5.32 Å². The van der Waals surface area contributed by atoms with Crippen LogP contribution in [0.2, 0.25) is 0 Å². The largest absolute Gasteiger partial charge is 0.399 e. The number of benzene rings is 2. The van der Waals surface area contributed by atoms with Crippen molar-refractivity contribution < 1.29 is 27.2 Å². The van der Waals surface area contributed by atoms with Gasteiger partial charge in [0, 0.05) is 5.56 Å². The van der Waals surface area contributed by atoms with Crippen LogP contribution < -0.4 is 10.6 Å². The number of carbonyl (C=O) groups excluding carboxylic acids is 2. The van der Waals surface area contributed by atoms with Gasteiger partial charge in [-0.3, -0.25) is 9.59 Å². The Labute approximate surface area is 201 Å². The second-order valence-electron chi connectivity index (χ2n) is 8.23. The molecule has 13 heteroatoms. The number of tetrazole rings is 1. The minimum Gasteiger partial charge on any atom is -0.347 e. The Bertz CT molecular complexity index is 1310. The first-order chi connectivity index (χ1) is 16.4. The van der Waals surface area contributed by atoms with Gasteiger partial charge in [-0.15, -0.1) is 10.2 Å². The van der Waals surface area contributed by atoms with Crippen molar-refractivity contribution in [3.8, 4) is 22.5 Å². The fourth-order valence-electron chi connectivity index (χ4n) is 3.66. The van der Waals surface area contributed by atoms with Crippen molar-refractivity contribution in [3.05, 3.63) is 53.6 Å². The van der Waals surface area contributed by atoms with Gasteiger partial charge in [-0.25, -0.2) is 8.78 Å². The molecule has 0 bridgehead atoms. The first kappa shape index (κ1) is 24.6. The first-order valence-corrected chi connectivity index (χ1v) is 10.8. The van der Waals surface area contributed by atoms with E-state index in [1.54, 1.807) is 12.1 Å². The smallest absolute Gasteiger partial charge is 0.347 e. The Hall–Kier alpha value is -3.54. The lowest BCUT2D eigenvalue weighted by atomic mass is 9.96. The minimum atomic E-state index is -4.15. The number of nitrogens with one attached hydrogen (secondary N) is 2. The number of alkyl halides is 3. The molecular weight excluding hydrogens is 492 g/mol. The summed E-state index contributed by atoms with van der Waals surface area (Å²) in [6, 6.07) is 7.54. The molecule has 0 unspecified atom stereocenters. The molecule has 1 aliphatic rings. The average molecular weight is 511 g/mol. The number of hydrogen-bond acceptors (Lipinski definition) is 5. The fraction of sp³-hybridized carbons (Fsp3) is 0.318. The highest BCUT2D eigenvalue weighted by atomic mass is 35.5. The molecule has 1 fully saturated rings. The third kappa shape index (κ3) is 4.97. The second-order valence-corrected chi connectivity index (χ2v) is 8.71. The van der Waals surface area contributed by atoms with Crippen molar-refractivity contribution in [3.63, 3.8) is 0 Å². The van der Waals surface area contributed by atoms with E-state index in [9.17, 15) is 22.8 Å². The van der Waals surface area contributed by atoms with Crippen LogP contribution in [0.4, 0.5) is 17.6 Å². The van der Waals surface area contributed by atoms with Crippen molar-refractivity contribution in [2.24, 2.45) is 7.05 Å². The van der Waals surface area contributed by atoms with Crippen LogP contribution >= 0.6 is 11.6 Å². The number of nitrogens with zero attached hydrogens (tertiary/aromatic N) is 4. The Morgan fingerprint density at radius 2 is 1.89 bits per heavy atom. The molecule has 0 radical (unpaired) electrons. The summed E-state index contributed by atoms with van der Waals surface area (Å²) in [5.74, 6) is -3.79. The molecule has 184 valence electrons. The van der Waals surface area contributed by atoms with Gasteiger partial charge in [-0.2, -0.15) is 13.6 Å². The number of amides is 2. The van der Waals surface area contributed by atoms with Crippen LogP contribution in [0.25, 0.3) is 22.5 Å². The predicted octanol–water partition coefficient (Wildman–Crippen LogP) is 3.48. The van der Waals surface area contributed by atoms with Crippen LogP contribution in [0.5, 0.6) is 0 Å². The molecule has 1 saturated carbocycles. The Morgan fingerprint density at radius 3 is 2.46 bits per heavy atom. The number of halogens is 5. The van der Waals surface area contributed by atoms with Gasteiger partial charge >= 0.3 is 11.3 Å². The summed E-state index contributed by atoms with van der Waals surface area (Å²) in [4.78, 5) is 25.3. The van der Waals surface area contributed by atoms with Crippen LogP contribution in [0, 0.1) is 11.6 Å². The highest BCUT2D eigenvalue weighted by Crippen LogP contribution is 2.38. The van der Waals surface area contributed by atoms with E-state index >= 15 is 4.39 Å². The number of hydrogen-bond donors (Lipinski definition) is 2. The van der Waals surface area contributed by atoms with Crippen LogP contribution in [0.15, 0.2) is 36.4 Å². The zero-order valence-electron chi connectivity index (χ0n) is 18.5. The molecule has 1 aliphatic carbocycles. The molecule has 3 aromatic rings. The lowest BCUT2D eigenvalue weighted by Crippen LogP contribution is -2.52. The Balaban J connectivity index is 1.55. The highest BCUT2D eigenvalue weighted by molar-refractivity contribution is 6.32. The maximum absolute atomic E-state index is 15.1. The predicted molar refractivity (Wildman–Crippen MR) is 117 cm³/mol. The van der Waals surface area contributed by atoms with Gasteiger partial charge in [0.05, 0.1) is 18.7 Å². The Morgan fingerprint density at radius 1 is 1.17 bits per heavy atom. The standard InChI is InChI=1S/C22H19ClF4N6O2/c1-11(28-19(34)21(8-9-21)29-20(35)22(23,26)27)13-7-6-12(10-16(13)25)14-4-3-5-15(24)17(14)18-30-32-33(2)31-18/h3-7,10-11H,8-9H2,1-2H3,(H,28,34)(H,29,35)/t11-/m1/s1. The number of carbonyl (C=O) groups is 2. The van der Waals surface area contributed by atoms with Crippen LogP contribution in [-0.2, 0) is 16.6 Å². The minimum absolute atomic E-state index is 0.0324. The zero-order chi connectivity index (χ0) is 25.5. The number of aromatic nitrogens is 4. The molecule has 0 saturated heterocycles. The summed E-state index contributed by atoms with van der Waals surface area (Å²) < 4.78 is 55.7. The molecule has 8 nitrogen and oxygen atoms in total. The van der Waals surface area contributed by atoms with E-state index in [2.05, 4.69) is 20.7 Å². The molecule has 2 N–H and O–H groups in total. The molecule has 2 amide bonds. The van der Waals surface area contributed by atoms with Gasteiger partial charge in [0.25, 0.3) is 0 Å². The molecule has 2 aromatic carbocycles. The topological polar surface area (TPSA) is 102 Å². The molecule has 4 rings (SSSR count). The van der Waals surface area contributed by atoms with E-state index in [-0.39, 0.29) is 29.8 Å². The maximum Gasteiger partial charge on any atom is 0.399 e. The van der Waals surface area contributed by atoms with Crippen LogP contribution in [0.1, 0.15) is 31.4 Å². The normalized spacial score (nSPS) is 15.4. The SMILES string of the molecule is C[C@@H](NC(=O)C1(NC(=O)C(F)(F)Cl)CC1)c1ccc(-c2cccc(F)c2-c2nnn(C)n2)cc1F. The lowest BCUT2D eigenvalue weighted by Gasteiger charge is -2.22. The van der Waals surface area contributed by atoms with Crippen molar-refractivity contribution in [2.75, 3.05) is 0 Å². The quantitative estimate of drug-likeness (QED) is 0.374. The molecule has 35 heavy (non-hydrogen) atoms. The lowest BCUT2D eigenvalue weighted by molar-refractivity contribution is -0.139. The van der Waals surface area contributed by atoms with Crippen LogP contribution in [-0.4, -0.2) is 42.9 Å².